The first kappa shape index (κ1) is 17.9. The Balaban J connectivity index is 3.70. The second-order valence-corrected chi connectivity index (χ2v) is 5.94. The highest BCUT2D eigenvalue weighted by Gasteiger charge is 2.11. The molecular weight excluding hydrogens is 226 g/mol. The fourth-order valence-electron chi connectivity index (χ4n) is 2.04. The van der Waals surface area contributed by atoms with Crippen molar-refractivity contribution in [3.05, 3.63) is 0 Å². The maximum atomic E-state index is 5.56. The monoisotopic (exact) mass is 259 g/mol. The van der Waals surface area contributed by atoms with Gasteiger partial charge in [0.05, 0.1) is 13.2 Å². The summed E-state index contributed by atoms with van der Waals surface area (Å²) in [5.41, 5.74) is 0. The standard InChI is InChI=1S/C15H33NO2/c1-13(2)10-15(12-16-11-14(3)4)6-7-18-9-8-17-5/h13-16H,6-12H2,1-5H3. The van der Waals surface area contributed by atoms with Crippen molar-refractivity contribution in [1.29, 1.82) is 0 Å². The third-order valence-electron chi connectivity index (χ3n) is 2.89. The van der Waals surface area contributed by atoms with Gasteiger partial charge in [-0.3, -0.25) is 0 Å². The normalized spacial score (nSPS) is 13.5. The summed E-state index contributed by atoms with van der Waals surface area (Å²) < 4.78 is 10.5. The van der Waals surface area contributed by atoms with Gasteiger partial charge in [-0.15, -0.1) is 0 Å². The van der Waals surface area contributed by atoms with Crippen LogP contribution in [0.3, 0.4) is 0 Å². The molecule has 3 heteroatoms. The van der Waals surface area contributed by atoms with Gasteiger partial charge < -0.3 is 14.8 Å². The smallest absolute Gasteiger partial charge is 0.0700 e. The highest BCUT2D eigenvalue weighted by molar-refractivity contribution is 4.65. The lowest BCUT2D eigenvalue weighted by Crippen LogP contribution is -2.28. The van der Waals surface area contributed by atoms with Crippen molar-refractivity contribution >= 4 is 0 Å². The number of methoxy groups -OCH3 is 1. The van der Waals surface area contributed by atoms with Gasteiger partial charge in [-0.2, -0.15) is 0 Å². The lowest BCUT2D eigenvalue weighted by atomic mass is 9.94. The van der Waals surface area contributed by atoms with E-state index in [1.165, 1.54) is 6.42 Å². The number of ether oxygens (including phenoxy) is 2. The predicted molar refractivity (Wildman–Crippen MR) is 78.0 cm³/mol. The van der Waals surface area contributed by atoms with Gasteiger partial charge in [-0.1, -0.05) is 27.7 Å². The SMILES string of the molecule is COCCOCCC(CNCC(C)C)CC(C)C. The zero-order valence-electron chi connectivity index (χ0n) is 13.0. The van der Waals surface area contributed by atoms with Crippen LogP contribution in [0, 0.1) is 17.8 Å². The van der Waals surface area contributed by atoms with Gasteiger partial charge in [-0.25, -0.2) is 0 Å². The van der Waals surface area contributed by atoms with E-state index in [4.69, 9.17) is 9.47 Å². The molecular formula is C15H33NO2. The third-order valence-corrected chi connectivity index (χ3v) is 2.89. The van der Waals surface area contributed by atoms with E-state index in [1.807, 2.05) is 0 Å². The molecule has 3 nitrogen and oxygen atoms in total. The largest absolute Gasteiger partial charge is 0.382 e. The summed E-state index contributed by atoms with van der Waals surface area (Å²) in [6.07, 6.45) is 2.42. The molecule has 0 heterocycles. The molecule has 1 unspecified atom stereocenters. The second kappa shape index (κ2) is 11.9. The van der Waals surface area contributed by atoms with E-state index in [9.17, 15) is 0 Å². The van der Waals surface area contributed by atoms with Gasteiger partial charge in [0, 0.05) is 13.7 Å². The van der Waals surface area contributed by atoms with Crippen molar-refractivity contribution < 1.29 is 9.47 Å². The molecule has 0 rings (SSSR count). The Morgan fingerprint density at radius 2 is 1.61 bits per heavy atom. The highest BCUT2D eigenvalue weighted by Crippen LogP contribution is 2.15. The molecule has 0 aromatic rings. The van der Waals surface area contributed by atoms with E-state index in [-0.39, 0.29) is 0 Å². The Morgan fingerprint density at radius 3 is 2.17 bits per heavy atom. The lowest BCUT2D eigenvalue weighted by Gasteiger charge is -2.20. The quantitative estimate of drug-likeness (QED) is 0.547. The molecule has 0 fully saturated rings. The summed E-state index contributed by atoms with van der Waals surface area (Å²) in [4.78, 5) is 0. The van der Waals surface area contributed by atoms with E-state index >= 15 is 0 Å². The van der Waals surface area contributed by atoms with Crippen LogP contribution in [0.25, 0.3) is 0 Å². The van der Waals surface area contributed by atoms with Crippen LogP contribution in [0.15, 0.2) is 0 Å². The van der Waals surface area contributed by atoms with Crippen molar-refractivity contribution in [2.75, 3.05) is 40.0 Å². The summed E-state index contributed by atoms with van der Waals surface area (Å²) in [5, 5.41) is 3.56. The minimum atomic E-state index is 0.695. The van der Waals surface area contributed by atoms with E-state index < -0.39 is 0 Å². The van der Waals surface area contributed by atoms with Crippen LogP contribution in [0.2, 0.25) is 0 Å². The van der Waals surface area contributed by atoms with E-state index in [1.54, 1.807) is 7.11 Å². The maximum Gasteiger partial charge on any atom is 0.0700 e. The fraction of sp³-hybridized carbons (Fsp3) is 1.00. The molecule has 0 radical (unpaired) electrons. The first-order valence-corrected chi connectivity index (χ1v) is 7.33. The van der Waals surface area contributed by atoms with Gasteiger partial charge in [0.15, 0.2) is 0 Å². The van der Waals surface area contributed by atoms with Crippen molar-refractivity contribution in [3.63, 3.8) is 0 Å². The van der Waals surface area contributed by atoms with Gasteiger partial charge >= 0.3 is 0 Å². The zero-order chi connectivity index (χ0) is 13.8. The number of nitrogens with one attached hydrogen (secondary N) is 1. The van der Waals surface area contributed by atoms with Crippen LogP contribution in [-0.4, -0.2) is 40.0 Å². The molecule has 0 aliphatic rings. The summed E-state index contributed by atoms with van der Waals surface area (Å²) >= 11 is 0. The van der Waals surface area contributed by atoms with Crippen molar-refractivity contribution in [1.82, 2.24) is 5.32 Å². The predicted octanol–water partition coefficient (Wildman–Crippen LogP) is 2.95. The minimum absolute atomic E-state index is 0.695. The van der Waals surface area contributed by atoms with Crippen LogP contribution < -0.4 is 5.32 Å². The molecule has 0 aliphatic heterocycles. The van der Waals surface area contributed by atoms with Crippen molar-refractivity contribution in [3.8, 4) is 0 Å². The molecule has 110 valence electrons. The average Bonchev–Trinajstić information content (AvgIpc) is 2.27. The van der Waals surface area contributed by atoms with Crippen molar-refractivity contribution in [2.45, 2.75) is 40.5 Å². The number of rotatable bonds is 12. The van der Waals surface area contributed by atoms with Gasteiger partial charge in [0.25, 0.3) is 0 Å². The molecule has 0 aromatic heterocycles. The topological polar surface area (TPSA) is 30.5 Å². The van der Waals surface area contributed by atoms with Crippen LogP contribution in [0.5, 0.6) is 0 Å². The summed E-state index contributed by atoms with van der Waals surface area (Å²) in [5.74, 6) is 2.21. The van der Waals surface area contributed by atoms with Gasteiger partial charge in [-0.05, 0) is 43.7 Å². The zero-order valence-corrected chi connectivity index (χ0v) is 13.0. The van der Waals surface area contributed by atoms with Crippen LogP contribution >= 0.6 is 0 Å². The lowest BCUT2D eigenvalue weighted by molar-refractivity contribution is 0.0623. The highest BCUT2D eigenvalue weighted by atomic mass is 16.5. The summed E-state index contributed by atoms with van der Waals surface area (Å²) in [6.45, 7) is 13.6. The second-order valence-electron chi connectivity index (χ2n) is 5.94. The Hall–Kier alpha value is -0.120. The van der Waals surface area contributed by atoms with Crippen LogP contribution in [0.4, 0.5) is 0 Å². The summed E-state index contributed by atoms with van der Waals surface area (Å²) in [7, 11) is 1.71. The van der Waals surface area contributed by atoms with Gasteiger partial charge in [0.1, 0.15) is 0 Å². The Morgan fingerprint density at radius 1 is 0.889 bits per heavy atom. The minimum Gasteiger partial charge on any atom is -0.382 e. The molecule has 0 amide bonds. The Labute approximate surface area is 114 Å². The molecule has 0 aromatic carbocycles. The third kappa shape index (κ3) is 12.3. The Bertz CT molecular complexity index is 172. The fourth-order valence-corrected chi connectivity index (χ4v) is 2.04. The first-order valence-electron chi connectivity index (χ1n) is 7.33. The van der Waals surface area contributed by atoms with Gasteiger partial charge in [0.2, 0.25) is 0 Å². The number of hydrogen-bond acceptors (Lipinski definition) is 3. The van der Waals surface area contributed by atoms with E-state index in [0.29, 0.717) is 13.2 Å². The molecule has 0 bridgehead atoms. The molecule has 0 aliphatic carbocycles. The number of hydrogen-bond donors (Lipinski definition) is 1. The van der Waals surface area contributed by atoms with E-state index in [2.05, 4.69) is 33.0 Å². The van der Waals surface area contributed by atoms with E-state index in [0.717, 1.165) is 43.9 Å². The Kier molecular flexibility index (Phi) is 11.9. The molecule has 1 atom stereocenters. The van der Waals surface area contributed by atoms with Crippen LogP contribution in [0.1, 0.15) is 40.5 Å². The molecule has 0 saturated heterocycles. The van der Waals surface area contributed by atoms with Crippen molar-refractivity contribution in [2.24, 2.45) is 17.8 Å². The maximum absolute atomic E-state index is 5.56. The van der Waals surface area contributed by atoms with Crippen LogP contribution in [-0.2, 0) is 9.47 Å². The molecule has 18 heavy (non-hydrogen) atoms. The molecule has 0 saturated carbocycles. The molecule has 0 spiro atoms. The molecule has 1 N–H and O–H groups in total. The summed E-state index contributed by atoms with van der Waals surface area (Å²) in [6, 6.07) is 0. The average molecular weight is 259 g/mol. The first-order chi connectivity index (χ1) is 8.56.